The number of methoxy groups -OCH3 is 1. The number of aromatic nitrogens is 2. The zero-order chi connectivity index (χ0) is 21.3. The van der Waals surface area contributed by atoms with Crippen molar-refractivity contribution in [3.8, 4) is 11.4 Å². The van der Waals surface area contributed by atoms with E-state index < -0.39 is 11.9 Å². The third-order valence-corrected chi connectivity index (χ3v) is 4.66. The van der Waals surface area contributed by atoms with Crippen LogP contribution >= 0.6 is 0 Å². The molecule has 0 aliphatic carbocycles. The minimum absolute atomic E-state index is 0.139. The minimum atomic E-state index is -1.03. The van der Waals surface area contributed by atoms with Crippen molar-refractivity contribution in [1.82, 2.24) is 9.55 Å². The third-order valence-electron chi connectivity index (χ3n) is 4.66. The number of hydrogen-bond donors (Lipinski definition) is 3. The Morgan fingerprint density at radius 1 is 1.03 bits per heavy atom. The maximum Gasteiger partial charge on any atom is 0.335 e. The topological polar surface area (TPSA) is 119 Å². The molecule has 4 aromatic rings. The van der Waals surface area contributed by atoms with Gasteiger partial charge in [0.2, 0.25) is 11.9 Å². The number of nitrogens with two attached hydrogens (primary N) is 1. The first-order valence-corrected chi connectivity index (χ1v) is 9.04. The Morgan fingerprint density at radius 3 is 2.40 bits per heavy atom. The summed E-state index contributed by atoms with van der Waals surface area (Å²) in [5.74, 6) is -0.456. The molecule has 0 fully saturated rings. The third kappa shape index (κ3) is 3.42. The van der Waals surface area contributed by atoms with Gasteiger partial charge in [-0.1, -0.05) is 12.1 Å². The van der Waals surface area contributed by atoms with Crippen LogP contribution in [0, 0.1) is 0 Å². The van der Waals surface area contributed by atoms with Gasteiger partial charge in [-0.15, -0.1) is 0 Å². The molecule has 4 rings (SSSR count). The molecule has 0 aliphatic heterocycles. The second-order valence-electron chi connectivity index (χ2n) is 6.52. The maximum absolute atomic E-state index is 11.4. The number of carboxylic acid groups (broad SMARTS) is 1. The molecule has 0 radical (unpaired) electrons. The number of nitrogens with one attached hydrogen (secondary N) is 1. The Bertz CT molecular complexity index is 1260. The van der Waals surface area contributed by atoms with Crippen LogP contribution in [0.15, 0.2) is 66.7 Å². The quantitative estimate of drug-likeness (QED) is 0.454. The number of primary amides is 1. The van der Waals surface area contributed by atoms with Gasteiger partial charge in [0.15, 0.2) is 0 Å². The summed E-state index contributed by atoms with van der Waals surface area (Å²) < 4.78 is 7.23. The van der Waals surface area contributed by atoms with Crippen LogP contribution in [0.3, 0.4) is 0 Å². The van der Waals surface area contributed by atoms with Crippen LogP contribution in [0.25, 0.3) is 16.7 Å². The molecule has 1 amide bonds. The molecule has 0 aliphatic rings. The molecule has 0 atom stereocenters. The average molecular weight is 402 g/mol. The molecule has 1 aromatic heterocycles. The zero-order valence-corrected chi connectivity index (χ0v) is 16.0. The van der Waals surface area contributed by atoms with E-state index in [0.717, 1.165) is 5.69 Å². The number of amides is 1. The predicted molar refractivity (Wildman–Crippen MR) is 113 cm³/mol. The highest BCUT2D eigenvalue weighted by atomic mass is 16.5. The van der Waals surface area contributed by atoms with Gasteiger partial charge in [-0.25, -0.2) is 9.78 Å². The normalized spacial score (nSPS) is 10.7. The number of imidazole rings is 1. The molecule has 0 saturated heterocycles. The highest BCUT2D eigenvalue weighted by Gasteiger charge is 2.16. The van der Waals surface area contributed by atoms with E-state index in [2.05, 4.69) is 10.3 Å². The standard InChI is InChI=1S/C22H18N4O4/c1-30-19-5-3-2-4-16(19)24-22-25-17-12-14(21(28)29)8-11-18(17)26(22)15-9-6-13(7-10-15)20(23)27/h2-12H,1H3,(H2,23,27)(H,24,25)(H,28,29). The van der Waals surface area contributed by atoms with Crippen LogP contribution in [0.4, 0.5) is 11.6 Å². The Kier molecular flexibility index (Phi) is 4.81. The first-order chi connectivity index (χ1) is 14.5. The van der Waals surface area contributed by atoms with Gasteiger partial charge >= 0.3 is 5.97 Å². The number of ether oxygens (including phenoxy) is 1. The number of anilines is 2. The molecule has 0 spiro atoms. The van der Waals surface area contributed by atoms with E-state index in [-0.39, 0.29) is 5.56 Å². The number of benzene rings is 3. The smallest absolute Gasteiger partial charge is 0.335 e. The van der Waals surface area contributed by atoms with Crippen molar-refractivity contribution < 1.29 is 19.4 Å². The van der Waals surface area contributed by atoms with E-state index in [1.807, 2.05) is 28.8 Å². The van der Waals surface area contributed by atoms with Crippen LogP contribution < -0.4 is 15.8 Å². The lowest BCUT2D eigenvalue weighted by molar-refractivity contribution is 0.0696. The highest BCUT2D eigenvalue weighted by molar-refractivity contribution is 5.94. The largest absolute Gasteiger partial charge is 0.495 e. The molecule has 8 heteroatoms. The van der Waals surface area contributed by atoms with E-state index in [1.54, 1.807) is 37.4 Å². The number of para-hydroxylation sites is 2. The van der Waals surface area contributed by atoms with Crippen molar-refractivity contribution in [3.05, 3.63) is 77.9 Å². The van der Waals surface area contributed by atoms with Gasteiger partial charge in [0, 0.05) is 11.3 Å². The van der Waals surface area contributed by atoms with E-state index in [0.29, 0.717) is 34.0 Å². The molecular weight excluding hydrogens is 384 g/mol. The van der Waals surface area contributed by atoms with Crippen molar-refractivity contribution in [1.29, 1.82) is 0 Å². The lowest BCUT2D eigenvalue weighted by atomic mass is 10.2. The van der Waals surface area contributed by atoms with Gasteiger partial charge in [0.25, 0.3) is 0 Å². The van der Waals surface area contributed by atoms with Gasteiger partial charge in [-0.05, 0) is 54.6 Å². The van der Waals surface area contributed by atoms with E-state index >= 15 is 0 Å². The maximum atomic E-state index is 11.4. The van der Waals surface area contributed by atoms with Crippen molar-refractivity contribution in [2.24, 2.45) is 5.73 Å². The number of nitrogens with zero attached hydrogens (tertiary/aromatic N) is 2. The summed E-state index contributed by atoms with van der Waals surface area (Å²) in [6, 6.07) is 18.9. The SMILES string of the molecule is COc1ccccc1Nc1nc2cc(C(=O)O)ccc2n1-c1ccc(C(N)=O)cc1. The van der Waals surface area contributed by atoms with Crippen LogP contribution in [0.2, 0.25) is 0 Å². The Morgan fingerprint density at radius 2 is 1.73 bits per heavy atom. The van der Waals surface area contributed by atoms with Gasteiger partial charge in [-0.3, -0.25) is 9.36 Å². The summed E-state index contributed by atoms with van der Waals surface area (Å²) in [7, 11) is 1.57. The Hall–Kier alpha value is -4.33. The number of rotatable bonds is 6. The van der Waals surface area contributed by atoms with Gasteiger partial charge in [0.05, 0.1) is 29.4 Å². The highest BCUT2D eigenvalue weighted by Crippen LogP contribution is 2.31. The monoisotopic (exact) mass is 402 g/mol. The van der Waals surface area contributed by atoms with Crippen LogP contribution in [-0.2, 0) is 0 Å². The van der Waals surface area contributed by atoms with Crippen LogP contribution in [0.5, 0.6) is 5.75 Å². The van der Waals surface area contributed by atoms with Gasteiger partial charge < -0.3 is 20.9 Å². The van der Waals surface area contributed by atoms with Crippen molar-refractivity contribution in [2.75, 3.05) is 12.4 Å². The summed E-state index contributed by atoms with van der Waals surface area (Å²) in [6.07, 6.45) is 0. The lowest BCUT2D eigenvalue weighted by Crippen LogP contribution is -2.11. The number of carboxylic acids is 1. The van der Waals surface area contributed by atoms with Crippen LogP contribution in [0.1, 0.15) is 20.7 Å². The molecule has 0 unspecified atom stereocenters. The molecule has 3 aromatic carbocycles. The fourth-order valence-corrected chi connectivity index (χ4v) is 3.20. The van der Waals surface area contributed by atoms with Crippen molar-refractivity contribution >= 4 is 34.5 Å². The van der Waals surface area contributed by atoms with E-state index in [4.69, 9.17) is 10.5 Å². The summed E-state index contributed by atoms with van der Waals surface area (Å²) in [4.78, 5) is 27.4. The fraction of sp³-hybridized carbons (Fsp3) is 0.0455. The number of carbonyl (C=O) groups excluding carboxylic acids is 1. The molecule has 4 N–H and O–H groups in total. The van der Waals surface area contributed by atoms with E-state index in [9.17, 15) is 14.7 Å². The molecule has 8 nitrogen and oxygen atoms in total. The second kappa shape index (κ2) is 7.59. The fourth-order valence-electron chi connectivity index (χ4n) is 3.20. The summed E-state index contributed by atoms with van der Waals surface area (Å²) in [5, 5.41) is 12.6. The average Bonchev–Trinajstić information content (AvgIpc) is 3.11. The van der Waals surface area contributed by atoms with Crippen molar-refractivity contribution in [3.63, 3.8) is 0 Å². The zero-order valence-electron chi connectivity index (χ0n) is 16.0. The lowest BCUT2D eigenvalue weighted by Gasteiger charge is -2.13. The number of carbonyl (C=O) groups is 2. The molecule has 30 heavy (non-hydrogen) atoms. The number of hydrogen-bond acceptors (Lipinski definition) is 5. The summed E-state index contributed by atoms with van der Waals surface area (Å²) in [5.41, 5.74) is 8.49. The molecule has 0 bridgehead atoms. The number of aromatic carboxylic acids is 1. The van der Waals surface area contributed by atoms with Crippen LogP contribution in [-0.4, -0.2) is 33.6 Å². The summed E-state index contributed by atoms with van der Waals surface area (Å²) in [6.45, 7) is 0. The predicted octanol–water partition coefficient (Wildman–Crippen LogP) is 3.57. The summed E-state index contributed by atoms with van der Waals surface area (Å²) >= 11 is 0. The second-order valence-corrected chi connectivity index (χ2v) is 6.52. The van der Waals surface area contributed by atoms with Gasteiger partial charge in [-0.2, -0.15) is 0 Å². The Labute approximate surface area is 171 Å². The minimum Gasteiger partial charge on any atom is -0.495 e. The first-order valence-electron chi connectivity index (χ1n) is 9.04. The Balaban J connectivity index is 1.90. The van der Waals surface area contributed by atoms with Crippen molar-refractivity contribution in [2.45, 2.75) is 0 Å². The van der Waals surface area contributed by atoms with Gasteiger partial charge in [0.1, 0.15) is 5.75 Å². The number of fused-ring (bicyclic) bond motifs is 1. The first kappa shape index (κ1) is 19.0. The molecule has 150 valence electrons. The molecule has 1 heterocycles. The molecule has 0 saturated carbocycles. The van der Waals surface area contributed by atoms with E-state index in [1.165, 1.54) is 12.1 Å². The molecular formula is C22H18N4O4.